The van der Waals surface area contributed by atoms with Crippen molar-refractivity contribution in [1.29, 1.82) is 0 Å². The van der Waals surface area contributed by atoms with Crippen LogP contribution in [0.1, 0.15) is 16.4 Å². The molecule has 3 heterocycles. The molecule has 2 atom stereocenters. The van der Waals surface area contributed by atoms with Gasteiger partial charge in [0, 0.05) is 26.2 Å². The molecule has 0 bridgehead atoms. The summed E-state index contributed by atoms with van der Waals surface area (Å²) in [7, 11) is 2.09. The van der Waals surface area contributed by atoms with Gasteiger partial charge in [-0.1, -0.05) is 23.9 Å². The van der Waals surface area contributed by atoms with Crippen LogP contribution in [0.5, 0.6) is 0 Å². The fraction of sp³-hybridized carbons (Fsp3) is 0.438. The van der Waals surface area contributed by atoms with E-state index in [1.165, 1.54) is 34.9 Å². The quantitative estimate of drug-likeness (QED) is 0.839. The number of carbonyl (C=O) groups excluding carboxylic acids is 1. The Morgan fingerprint density at radius 2 is 2.08 bits per heavy atom. The third kappa shape index (κ3) is 2.74. The summed E-state index contributed by atoms with van der Waals surface area (Å²) in [5, 5.41) is 4.27. The van der Waals surface area contributed by atoms with Crippen LogP contribution in [0.2, 0.25) is 0 Å². The zero-order valence-electron chi connectivity index (χ0n) is 13.3. The lowest BCUT2D eigenvalue weighted by Gasteiger charge is -2.39. The van der Waals surface area contributed by atoms with Crippen LogP contribution in [0.3, 0.4) is 0 Å². The molecule has 0 radical (unpaired) electrons. The molecule has 126 valence electrons. The Balaban J connectivity index is 1.68. The second kappa shape index (κ2) is 6.27. The van der Waals surface area contributed by atoms with Gasteiger partial charge in [-0.15, -0.1) is 0 Å². The van der Waals surface area contributed by atoms with Crippen molar-refractivity contribution in [1.82, 2.24) is 24.6 Å². The molecular formula is C16H18FN5OS. The predicted molar refractivity (Wildman–Crippen MR) is 88.5 cm³/mol. The van der Waals surface area contributed by atoms with Gasteiger partial charge >= 0.3 is 0 Å². The first-order valence-electron chi connectivity index (χ1n) is 7.92. The molecule has 1 aromatic carbocycles. The highest BCUT2D eigenvalue weighted by Crippen LogP contribution is 2.40. The van der Waals surface area contributed by atoms with Gasteiger partial charge in [0.15, 0.2) is 5.16 Å². The second-order valence-electron chi connectivity index (χ2n) is 6.17. The fourth-order valence-corrected chi connectivity index (χ4v) is 4.55. The fourth-order valence-electron chi connectivity index (χ4n) is 3.31. The Morgan fingerprint density at radius 3 is 2.79 bits per heavy atom. The van der Waals surface area contributed by atoms with E-state index < -0.39 is 0 Å². The molecule has 1 saturated heterocycles. The molecule has 6 nitrogen and oxygen atoms in total. The van der Waals surface area contributed by atoms with E-state index in [0.29, 0.717) is 5.16 Å². The van der Waals surface area contributed by atoms with Crippen molar-refractivity contribution in [2.24, 2.45) is 0 Å². The average Bonchev–Trinajstić information content (AvgIpc) is 3.14. The number of halogens is 1. The smallest absolute Gasteiger partial charge is 0.264 e. The number of piperazine rings is 1. The van der Waals surface area contributed by atoms with Gasteiger partial charge in [0.25, 0.3) is 5.91 Å². The normalized spacial score (nSPS) is 23.4. The summed E-state index contributed by atoms with van der Waals surface area (Å²) in [5.41, 5.74) is 0.830. The number of nitrogens with zero attached hydrogens (tertiary/aromatic N) is 5. The number of thioether (sulfide) groups is 1. The highest BCUT2D eigenvalue weighted by molar-refractivity contribution is 8.00. The van der Waals surface area contributed by atoms with E-state index in [1.54, 1.807) is 6.07 Å². The minimum Gasteiger partial charge on any atom is -0.304 e. The Labute approximate surface area is 143 Å². The summed E-state index contributed by atoms with van der Waals surface area (Å²) in [6.45, 7) is 3.55. The molecule has 1 fully saturated rings. The highest BCUT2D eigenvalue weighted by atomic mass is 32.2. The van der Waals surface area contributed by atoms with E-state index in [1.807, 2.05) is 6.07 Å². The van der Waals surface area contributed by atoms with Crippen molar-refractivity contribution < 1.29 is 9.18 Å². The molecule has 2 aromatic rings. The van der Waals surface area contributed by atoms with Crippen molar-refractivity contribution in [3.63, 3.8) is 0 Å². The maximum Gasteiger partial charge on any atom is 0.264 e. The Bertz CT molecular complexity index is 758. The minimum atomic E-state index is -0.355. The van der Waals surface area contributed by atoms with Gasteiger partial charge in [0.1, 0.15) is 17.4 Å². The van der Waals surface area contributed by atoms with Crippen LogP contribution < -0.4 is 0 Å². The highest BCUT2D eigenvalue weighted by Gasteiger charge is 2.42. The van der Waals surface area contributed by atoms with E-state index in [9.17, 15) is 9.18 Å². The molecule has 2 aliphatic rings. The molecule has 0 saturated carbocycles. The van der Waals surface area contributed by atoms with Crippen molar-refractivity contribution in [2.75, 3.05) is 33.2 Å². The first kappa shape index (κ1) is 15.7. The van der Waals surface area contributed by atoms with Gasteiger partial charge in [-0.2, -0.15) is 9.78 Å². The molecule has 8 heteroatoms. The van der Waals surface area contributed by atoms with E-state index in [2.05, 4.69) is 26.9 Å². The van der Waals surface area contributed by atoms with E-state index in [0.717, 1.165) is 31.7 Å². The zero-order chi connectivity index (χ0) is 16.7. The van der Waals surface area contributed by atoms with Gasteiger partial charge in [0.2, 0.25) is 0 Å². The summed E-state index contributed by atoms with van der Waals surface area (Å²) >= 11 is 1.42. The first-order valence-corrected chi connectivity index (χ1v) is 8.80. The monoisotopic (exact) mass is 347 g/mol. The maximum atomic E-state index is 13.8. The Morgan fingerprint density at radius 1 is 1.29 bits per heavy atom. The number of hydrogen-bond donors (Lipinski definition) is 0. The van der Waals surface area contributed by atoms with Gasteiger partial charge in [-0.3, -0.25) is 9.69 Å². The second-order valence-corrected chi connectivity index (χ2v) is 7.28. The van der Waals surface area contributed by atoms with Crippen molar-refractivity contribution in [3.05, 3.63) is 42.0 Å². The molecule has 0 spiro atoms. The van der Waals surface area contributed by atoms with Crippen LogP contribution >= 0.6 is 11.8 Å². The van der Waals surface area contributed by atoms with Crippen molar-refractivity contribution >= 4 is 17.7 Å². The third-order valence-corrected chi connectivity index (χ3v) is 5.81. The van der Waals surface area contributed by atoms with Crippen LogP contribution in [0.15, 0.2) is 35.7 Å². The number of likely N-dealkylation sites (N-methyl/N-ethyl adjacent to an activating group) is 1. The van der Waals surface area contributed by atoms with Gasteiger partial charge in [-0.05, 0) is 24.7 Å². The average molecular weight is 347 g/mol. The third-order valence-electron chi connectivity index (χ3n) is 4.61. The van der Waals surface area contributed by atoms with Gasteiger partial charge < -0.3 is 4.90 Å². The molecule has 2 unspecified atom stereocenters. The van der Waals surface area contributed by atoms with Crippen LogP contribution in [0.4, 0.5) is 4.39 Å². The summed E-state index contributed by atoms with van der Waals surface area (Å²) in [6.07, 6.45) is 1.39. The summed E-state index contributed by atoms with van der Waals surface area (Å²) in [4.78, 5) is 21.4. The lowest BCUT2D eigenvalue weighted by Crippen LogP contribution is -2.49. The molecule has 4 rings (SSSR count). The van der Waals surface area contributed by atoms with Gasteiger partial charge in [0.05, 0.1) is 6.04 Å². The minimum absolute atomic E-state index is 0.0827. The van der Waals surface area contributed by atoms with Crippen molar-refractivity contribution in [3.8, 4) is 0 Å². The van der Waals surface area contributed by atoms with E-state index in [4.69, 9.17) is 0 Å². The van der Waals surface area contributed by atoms with Crippen LogP contribution in [-0.2, 0) is 0 Å². The summed E-state index contributed by atoms with van der Waals surface area (Å²) < 4.78 is 15.2. The lowest BCUT2D eigenvalue weighted by molar-refractivity contribution is 0.0766. The number of carbonyl (C=O) groups is 1. The number of fused-ring (bicyclic) bond motifs is 1. The Hall–Kier alpha value is -1.77. The molecule has 2 aliphatic heterocycles. The standard InChI is InChI=1S/C16H18FN5OS/c1-20-5-7-21(8-6-20)13(11-3-2-4-12(17)9-11)14-15(23)22-16(24-14)18-10-19-22/h2-4,9-10,13-14H,5-8H2,1H3. The zero-order valence-corrected chi connectivity index (χ0v) is 14.1. The van der Waals surface area contributed by atoms with Crippen LogP contribution in [0, 0.1) is 5.82 Å². The maximum absolute atomic E-state index is 13.8. The molecule has 0 amide bonds. The van der Waals surface area contributed by atoms with Crippen molar-refractivity contribution in [2.45, 2.75) is 16.4 Å². The summed E-state index contributed by atoms with van der Waals surface area (Å²) in [5.74, 6) is -0.362. The topological polar surface area (TPSA) is 54.3 Å². The number of hydrogen-bond acceptors (Lipinski definition) is 6. The molecule has 0 aliphatic carbocycles. The van der Waals surface area contributed by atoms with E-state index in [-0.39, 0.29) is 23.0 Å². The lowest BCUT2D eigenvalue weighted by atomic mass is 10.00. The predicted octanol–water partition coefficient (Wildman–Crippen LogP) is 1.52. The number of benzene rings is 1. The van der Waals surface area contributed by atoms with Crippen LogP contribution in [0.25, 0.3) is 0 Å². The Kier molecular flexibility index (Phi) is 4.11. The largest absolute Gasteiger partial charge is 0.304 e. The molecule has 0 N–H and O–H groups in total. The number of rotatable bonds is 3. The number of aromatic nitrogens is 3. The molecular weight excluding hydrogens is 329 g/mol. The van der Waals surface area contributed by atoms with E-state index >= 15 is 0 Å². The van der Waals surface area contributed by atoms with Gasteiger partial charge in [-0.25, -0.2) is 9.37 Å². The summed E-state index contributed by atoms with van der Waals surface area (Å²) in [6, 6.07) is 6.38. The molecule has 24 heavy (non-hydrogen) atoms. The van der Waals surface area contributed by atoms with Crippen LogP contribution in [-0.4, -0.2) is 68.9 Å². The molecule has 1 aromatic heterocycles. The SMILES string of the molecule is CN1CCN(C(c2cccc(F)c2)C2Sc3ncnn3C2=O)CC1. The first-order chi connectivity index (χ1) is 11.6.